The van der Waals surface area contributed by atoms with Gasteiger partial charge < -0.3 is 35.4 Å². The van der Waals surface area contributed by atoms with Crippen molar-refractivity contribution in [3.63, 3.8) is 0 Å². The summed E-state index contributed by atoms with van der Waals surface area (Å²) in [4.78, 5) is 16.4. The minimum Gasteiger partial charge on any atom is -0.390 e. The molecule has 0 aliphatic rings. The lowest BCUT2D eigenvalue weighted by Gasteiger charge is -1.99. The van der Waals surface area contributed by atoms with Crippen molar-refractivity contribution in [2.45, 2.75) is 18.9 Å². The fourth-order valence-corrected chi connectivity index (χ4v) is 1.26. The number of nitrogens with two attached hydrogens (primary N) is 2. The molecular formula is C7H22N2O7P2. The van der Waals surface area contributed by atoms with E-state index in [1.165, 1.54) is 0 Å². The van der Waals surface area contributed by atoms with Crippen LogP contribution in [-0.4, -0.2) is 47.3 Å². The van der Waals surface area contributed by atoms with Gasteiger partial charge in [-0.3, -0.25) is 9.13 Å². The van der Waals surface area contributed by atoms with Crippen LogP contribution in [0.4, 0.5) is 0 Å². The summed E-state index contributed by atoms with van der Waals surface area (Å²) in [7, 11) is -5.67. The maximum absolute atomic E-state index is 9.99. The standard InChI is InChI=1S/C4H12O6P2.C3H10N2O/c5-11(6)9-3-1-2-4-10-12(7)8;4-1-3(6)2-5/h11-12H,1-4H2,(H,5,6)(H,7,8);3,6H,1-2,4-5H2. The molecule has 0 aromatic heterocycles. The molecule has 112 valence electrons. The molecule has 2 atom stereocenters. The summed E-state index contributed by atoms with van der Waals surface area (Å²) in [6.45, 7) is 0.862. The van der Waals surface area contributed by atoms with Gasteiger partial charge in [0.2, 0.25) is 0 Å². The normalized spacial score (nSPS) is 13.9. The van der Waals surface area contributed by atoms with E-state index >= 15 is 0 Å². The minimum absolute atomic E-state index is 0.171. The molecule has 0 heterocycles. The van der Waals surface area contributed by atoms with Gasteiger partial charge in [0.05, 0.1) is 19.3 Å². The molecule has 11 heteroatoms. The van der Waals surface area contributed by atoms with Crippen LogP contribution in [0.3, 0.4) is 0 Å². The monoisotopic (exact) mass is 308 g/mol. The first kappa shape index (κ1) is 20.5. The summed E-state index contributed by atoms with van der Waals surface area (Å²) in [5.41, 5.74) is 9.91. The van der Waals surface area contributed by atoms with E-state index < -0.39 is 22.6 Å². The lowest BCUT2D eigenvalue weighted by atomic mass is 10.3. The molecule has 0 aliphatic carbocycles. The predicted octanol–water partition coefficient (Wildman–Crippen LogP) is -1.17. The number of unbranched alkanes of at least 4 members (excludes halogenated alkanes) is 1. The van der Waals surface area contributed by atoms with Crippen molar-refractivity contribution in [2.24, 2.45) is 11.5 Å². The van der Waals surface area contributed by atoms with Gasteiger partial charge in [-0.1, -0.05) is 0 Å². The fourth-order valence-electron chi connectivity index (χ4n) is 0.619. The fraction of sp³-hybridized carbons (Fsp3) is 1.00. The Morgan fingerprint density at radius 3 is 1.44 bits per heavy atom. The molecule has 2 unspecified atom stereocenters. The van der Waals surface area contributed by atoms with Crippen LogP contribution in [0.5, 0.6) is 0 Å². The highest BCUT2D eigenvalue weighted by Gasteiger charge is 1.94. The summed E-state index contributed by atoms with van der Waals surface area (Å²) in [5.74, 6) is 0. The Bertz CT molecular complexity index is 210. The summed E-state index contributed by atoms with van der Waals surface area (Å²) >= 11 is 0. The van der Waals surface area contributed by atoms with E-state index in [2.05, 4.69) is 9.05 Å². The van der Waals surface area contributed by atoms with E-state index in [0.717, 1.165) is 0 Å². The molecule has 0 amide bonds. The third kappa shape index (κ3) is 21.5. The molecule has 0 aromatic rings. The van der Waals surface area contributed by atoms with Crippen LogP contribution in [0.15, 0.2) is 0 Å². The highest BCUT2D eigenvalue weighted by Crippen LogP contribution is 2.16. The first-order valence-electron chi connectivity index (χ1n) is 5.23. The second kappa shape index (κ2) is 15.2. The largest absolute Gasteiger partial charge is 0.390 e. The predicted molar refractivity (Wildman–Crippen MR) is 67.7 cm³/mol. The first-order valence-corrected chi connectivity index (χ1v) is 7.76. The summed E-state index contributed by atoms with van der Waals surface area (Å²) in [6.07, 6.45) is 0.558. The Balaban J connectivity index is 0. The maximum Gasteiger partial charge on any atom is 0.316 e. The zero-order valence-corrected chi connectivity index (χ0v) is 11.9. The Morgan fingerprint density at radius 2 is 1.28 bits per heavy atom. The third-order valence-corrected chi connectivity index (χ3v) is 2.44. The van der Waals surface area contributed by atoms with Crippen LogP contribution in [0.2, 0.25) is 0 Å². The quantitative estimate of drug-likeness (QED) is 0.260. The molecule has 0 fully saturated rings. The van der Waals surface area contributed by atoms with E-state index in [4.69, 9.17) is 26.4 Å². The van der Waals surface area contributed by atoms with Gasteiger partial charge in [-0.2, -0.15) is 0 Å². The van der Waals surface area contributed by atoms with Gasteiger partial charge in [0.25, 0.3) is 0 Å². The molecule has 0 spiro atoms. The lowest BCUT2D eigenvalue weighted by molar-refractivity contribution is 0.191. The third-order valence-electron chi connectivity index (χ3n) is 1.53. The van der Waals surface area contributed by atoms with Gasteiger partial charge in [-0.15, -0.1) is 0 Å². The highest BCUT2D eigenvalue weighted by atomic mass is 31.1. The van der Waals surface area contributed by atoms with E-state index in [1.807, 2.05) is 0 Å². The van der Waals surface area contributed by atoms with E-state index in [-0.39, 0.29) is 26.3 Å². The van der Waals surface area contributed by atoms with Gasteiger partial charge in [0, 0.05) is 13.1 Å². The first-order chi connectivity index (χ1) is 8.43. The molecule has 0 saturated carbocycles. The summed E-state index contributed by atoms with van der Waals surface area (Å²) < 4.78 is 28.7. The maximum atomic E-state index is 9.99. The topological polar surface area (TPSA) is 165 Å². The van der Waals surface area contributed by atoms with Gasteiger partial charge in [-0.25, -0.2) is 0 Å². The molecule has 0 radical (unpaired) electrons. The van der Waals surface area contributed by atoms with Crippen molar-refractivity contribution in [1.29, 1.82) is 0 Å². The second-order valence-electron chi connectivity index (χ2n) is 3.06. The Labute approximate surface area is 107 Å². The molecule has 7 N–H and O–H groups in total. The van der Waals surface area contributed by atoms with Gasteiger partial charge in [0.1, 0.15) is 0 Å². The van der Waals surface area contributed by atoms with Gasteiger partial charge in [0.15, 0.2) is 0 Å². The molecule has 0 rings (SSSR count). The second-order valence-corrected chi connectivity index (χ2v) is 4.70. The molecule has 0 aliphatic heterocycles. The Kier molecular flexibility index (Phi) is 17.4. The molecule has 18 heavy (non-hydrogen) atoms. The summed E-state index contributed by atoms with van der Waals surface area (Å²) in [6, 6.07) is 0. The van der Waals surface area contributed by atoms with Crippen molar-refractivity contribution < 1.29 is 33.1 Å². The SMILES string of the molecule is NCC(O)CN.O=[PH](O)OCCCCO[PH](=O)O. The van der Waals surface area contributed by atoms with Crippen LogP contribution < -0.4 is 11.5 Å². The van der Waals surface area contributed by atoms with Crippen LogP contribution in [0.25, 0.3) is 0 Å². The van der Waals surface area contributed by atoms with Crippen molar-refractivity contribution in [1.82, 2.24) is 0 Å². The van der Waals surface area contributed by atoms with Crippen LogP contribution in [0.1, 0.15) is 12.8 Å². The van der Waals surface area contributed by atoms with E-state index in [0.29, 0.717) is 12.8 Å². The Hall–Kier alpha value is 0.180. The van der Waals surface area contributed by atoms with E-state index in [1.54, 1.807) is 0 Å². The van der Waals surface area contributed by atoms with E-state index in [9.17, 15) is 9.13 Å². The highest BCUT2D eigenvalue weighted by molar-refractivity contribution is 7.32. The van der Waals surface area contributed by atoms with Crippen LogP contribution >= 0.6 is 16.5 Å². The number of aliphatic hydroxyl groups is 1. The Morgan fingerprint density at radius 1 is 0.944 bits per heavy atom. The number of hydrogen-bond donors (Lipinski definition) is 5. The lowest BCUT2D eigenvalue weighted by Crippen LogP contribution is -2.27. The van der Waals surface area contributed by atoms with Crippen molar-refractivity contribution >= 4 is 16.5 Å². The number of hydrogen-bond acceptors (Lipinski definition) is 7. The minimum atomic E-state index is -2.83. The van der Waals surface area contributed by atoms with Gasteiger partial charge >= 0.3 is 16.5 Å². The van der Waals surface area contributed by atoms with Crippen molar-refractivity contribution in [3.8, 4) is 0 Å². The smallest absolute Gasteiger partial charge is 0.316 e. The van der Waals surface area contributed by atoms with Crippen LogP contribution in [-0.2, 0) is 18.2 Å². The average molecular weight is 308 g/mol. The van der Waals surface area contributed by atoms with Crippen molar-refractivity contribution in [2.75, 3.05) is 26.3 Å². The van der Waals surface area contributed by atoms with Crippen LogP contribution in [0, 0.1) is 0 Å². The molecular weight excluding hydrogens is 286 g/mol. The summed E-state index contributed by atoms with van der Waals surface area (Å²) in [5, 5.41) is 8.42. The van der Waals surface area contributed by atoms with Gasteiger partial charge in [-0.05, 0) is 12.8 Å². The molecule has 0 saturated heterocycles. The van der Waals surface area contributed by atoms with Crippen molar-refractivity contribution in [3.05, 3.63) is 0 Å². The molecule has 0 aromatic carbocycles. The zero-order chi connectivity index (χ0) is 14.4. The average Bonchev–Trinajstić information content (AvgIpc) is 2.32. The molecule has 0 bridgehead atoms. The number of rotatable bonds is 9. The zero-order valence-electron chi connectivity index (χ0n) is 9.95. The number of aliphatic hydroxyl groups excluding tert-OH is 1. The molecule has 9 nitrogen and oxygen atoms in total.